The molecule has 0 spiro atoms. The molecule has 8 nitrogen and oxygen atoms in total. The summed E-state index contributed by atoms with van der Waals surface area (Å²) in [5, 5.41) is 3.20. The van der Waals surface area contributed by atoms with Crippen molar-refractivity contribution in [2.24, 2.45) is 10.9 Å². The first-order valence-electron chi connectivity index (χ1n) is 5.15. The maximum atomic E-state index is 11.5. The number of benzene rings is 1. The van der Waals surface area contributed by atoms with Gasteiger partial charge in [0.1, 0.15) is 0 Å². The van der Waals surface area contributed by atoms with E-state index in [4.69, 9.17) is 5.84 Å². The van der Waals surface area contributed by atoms with Gasteiger partial charge < -0.3 is 9.79 Å². The summed E-state index contributed by atoms with van der Waals surface area (Å²) in [6, 6.07) is 6.72. The van der Waals surface area contributed by atoms with Crippen molar-refractivity contribution in [3.05, 3.63) is 35.1 Å². The van der Waals surface area contributed by atoms with E-state index in [0.717, 1.165) is 0 Å². The molecule has 0 bridgehead atoms. The summed E-state index contributed by atoms with van der Waals surface area (Å²) in [6.45, 7) is 0. The molecule has 1 amide bonds. The molecule has 0 aromatic heterocycles. The Balaban J connectivity index is 2.63. The summed E-state index contributed by atoms with van der Waals surface area (Å²) in [7, 11) is -4.67. The molecule has 0 fully saturated rings. The van der Waals surface area contributed by atoms with Crippen LogP contribution >= 0.6 is 7.60 Å². The lowest BCUT2D eigenvalue weighted by molar-refractivity contribution is -0.114. The fourth-order valence-corrected chi connectivity index (χ4v) is 2.31. The Morgan fingerprint density at radius 2 is 2.05 bits per heavy atom. The first kappa shape index (κ1) is 13.4. The Kier molecular flexibility index (Phi) is 3.50. The maximum absolute atomic E-state index is 11.5. The Labute approximate surface area is 108 Å². The largest absolute Gasteiger partial charge is 0.358 e. The van der Waals surface area contributed by atoms with Gasteiger partial charge in [-0.2, -0.15) is 5.10 Å². The molecule has 0 radical (unpaired) electrons. The van der Waals surface area contributed by atoms with Crippen LogP contribution in [0, 0.1) is 0 Å². The summed E-state index contributed by atoms with van der Waals surface area (Å²) in [5.74, 6) is 4.08. The van der Waals surface area contributed by atoms with Gasteiger partial charge in [-0.25, -0.2) is 5.84 Å². The van der Waals surface area contributed by atoms with Gasteiger partial charge in [0.15, 0.2) is 5.71 Å². The van der Waals surface area contributed by atoms with E-state index in [1.54, 1.807) is 29.7 Å². The van der Waals surface area contributed by atoms with Crippen LogP contribution in [0.2, 0.25) is 0 Å². The molecule has 9 heteroatoms. The normalized spacial score (nSPS) is 14.5. The molecule has 6 N–H and O–H groups in total. The van der Waals surface area contributed by atoms with Crippen molar-refractivity contribution in [2.45, 2.75) is 0 Å². The number of fused-ring (bicyclic) bond motifs is 1. The number of nitrogens with one attached hydrogen (secondary N) is 2. The second kappa shape index (κ2) is 4.94. The van der Waals surface area contributed by atoms with Crippen molar-refractivity contribution < 1.29 is 19.1 Å². The molecule has 1 aromatic rings. The molecule has 1 aliphatic rings. The molecule has 1 heterocycles. The average Bonchev–Trinajstić information content (AvgIpc) is 2.56. The molecule has 0 aliphatic carbocycles. The van der Waals surface area contributed by atoms with Crippen LogP contribution in [0.15, 0.2) is 34.7 Å². The predicted octanol–water partition coefficient (Wildman–Crippen LogP) is -0.0234. The quantitative estimate of drug-likeness (QED) is 0.224. The highest BCUT2D eigenvalue weighted by Gasteiger charge is 2.32. The Morgan fingerprint density at radius 1 is 1.37 bits per heavy atom. The van der Waals surface area contributed by atoms with Gasteiger partial charge in [-0.05, 0) is 12.1 Å². The monoisotopic (exact) mass is 282 g/mol. The second-order valence-electron chi connectivity index (χ2n) is 3.71. The number of nitrogens with two attached hydrogens (primary N) is 1. The summed E-state index contributed by atoms with van der Waals surface area (Å²) in [5.41, 5.74) is 4.94. The van der Waals surface area contributed by atoms with Gasteiger partial charge in [0.05, 0.1) is 11.0 Å². The Morgan fingerprint density at radius 3 is 2.68 bits per heavy atom. The van der Waals surface area contributed by atoms with Crippen molar-refractivity contribution in [2.75, 3.05) is 5.43 Å². The van der Waals surface area contributed by atoms with E-state index in [9.17, 15) is 19.1 Å². The zero-order valence-electron chi connectivity index (χ0n) is 9.57. The molecule has 1 aromatic carbocycles. The summed E-state index contributed by atoms with van der Waals surface area (Å²) in [6.07, 6.45) is 1.21. The average molecular weight is 282 g/mol. The summed E-state index contributed by atoms with van der Waals surface area (Å²) in [4.78, 5) is 30.2. The number of hydrogen-bond acceptors (Lipinski definition) is 5. The molecule has 0 saturated heterocycles. The highest BCUT2D eigenvalue weighted by molar-refractivity contribution is 7.58. The molecule has 2 rings (SSSR count). The van der Waals surface area contributed by atoms with Crippen LogP contribution in [0.3, 0.4) is 0 Å². The van der Waals surface area contributed by atoms with Crippen molar-refractivity contribution in [1.82, 2.24) is 5.43 Å². The zero-order valence-corrected chi connectivity index (χ0v) is 10.5. The lowest BCUT2D eigenvalue weighted by Crippen LogP contribution is -2.37. The molecule has 0 atom stereocenters. The van der Waals surface area contributed by atoms with Gasteiger partial charge in [0, 0.05) is 5.56 Å². The number of nitrogens with zero attached hydrogens (tertiary/aromatic N) is 1. The number of carbonyl (C=O) groups excluding carboxylic acids is 1. The van der Waals surface area contributed by atoms with Gasteiger partial charge >= 0.3 is 7.60 Å². The smallest absolute Gasteiger partial charge is 0.321 e. The van der Waals surface area contributed by atoms with Gasteiger partial charge in [-0.1, -0.05) is 18.2 Å². The molecule has 100 valence electrons. The topological polar surface area (TPSA) is 137 Å². The van der Waals surface area contributed by atoms with Crippen LogP contribution in [0.25, 0.3) is 6.08 Å². The number of amides is 1. The fourth-order valence-electron chi connectivity index (χ4n) is 1.57. The highest BCUT2D eigenvalue weighted by atomic mass is 31.2. The Bertz CT molecular complexity index is 634. The van der Waals surface area contributed by atoms with Crippen molar-refractivity contribution >= 4 is 31.0 Å². The summed E-state index contributed by atoms with van der Waals surface area (Å²) >= 11 is 0. The first-order valence-corrected chi connectivity index (χ1v) is 6.76. The minimum Gasteiger partial charge on any atom is -0.321 e. The maximum Gasteiger partial charge on any atom is 0.358 e. The number of hydrazone groups is 1. The first-order chi connectivity index (χ1) is 8.93. The third-order valence-electron chi connectivity index (χ3n) is 2.44. The van der Waals surface area contributed by atoms with Gasteiger partial charge in [-0.3, -0.25) is 20.2 Å². The van der Waals surface area contributed by atoms with Crippen LogP contribution in [0.5, 0.6) is 0 Å². The van der Waals surface area contributed by atoms with E-state index in [2.05, 4.69) is 10.5 Å². The van der Waals surface area contributed by atoms with Crippen molar-refractivity contribution in [3.8, 4) is 0 Å². The number of hydrazine groups is 1. The van der Waals surface area contributed by atoms with E-state index >= 15 is 0 Å². The van der Waals surface area contributed by atoms with Gasteiger partial charge in [-0.15, -0.1) is 0 Å². The van der Waals surface area contributed by atoms with E-state index in [-0.39, 0.29) is 0 Å². The lowest BCUT2D eigenvalue weighted by atomic mass is 10.1. The standard InChI is InChI=1S/C10H11N4O4P/c11-12-10(15)9-8(19(16,17)18)5-6-3-1-2-4-7(6)13-14-9/h1-5,13H,11H2,(H,12,15)(H2,16,17,18). The van der Waals surface area contributed by atoms with E-state index in [1.165, 1.54) is 6.08 Å². The molecular formula is C10H11N4O4P. The minimum atomic E-state index is -4.67. The third kappa shape index (κ3) is 2.72. The molecule has 19 heavy (non-hydrogen) atoms. The van der Waals surface area contributed by atoms with E-state index < -0.39 is 24.5 Å². The van der Waals surface area contributed by atoms with Gasteiger partial charge in [0.2, 0.25) is 0 Å². The predicted molar refractivity (Wildman–Crippen MR) is 69.9 cm³/mol. The number of anilines is 1. The Hall–Kier alpha value is -1.99. The van der Waals surface area contributed by atoms with Crippen molar-refractivity contribution in [1.29, 1.82) is 0 Å². The molecular weight excluding hydrogens is 271 g/mol. The number of carbonyl (C=O) groups is 1. The third-order valence-corrected chi connectivity index (χ3v) is 3.41. The van der Waals surface area contributed by atoms with Crippen LogP contribution in [-0.2, 0) is 9.36 Å². The molecule has 0 unspecified atom stereocenters. The van der Waals surface area contributed by atoms with E-state index in [0.29, 0.717) is 11.3 Å². The molecule has 1 aliphatic heterocycles. The zero-order chi connectivity index (χ0) is 14.0. The lowest BCUT2D eigenvalue weighted by Gasteiger charge is -2.09. The minimum absolute atomic E-state index is 0.452. The second-order valence-corrected chi connectivity index (χ2v) is 5.28. The van der Waals surface area contributed by atoms with Crippen LogP contribution in [-0.4, -0.2) is 21.4 Å². The SMILES string of the molecule is NNC(=O)C1=NNc2ccccc2C=C1P(=O)(O)O. The van der Waals surface area contributed by atoms with Crippen LogP contribution < -0.4 is 16.7 Å². The van der Waals surface area contributed by atoms with Gasteiger partial charge in [0.25, 0.3) is 5.91 Å². The summed E-state index contributed by atoms with van der Waals surface area (Å²) < 4.78 is 11.5. The van der Waals surface area contributed by atoms with Crippen molar-refractivity contribution in [3.63, 3.8) is 0 Å². The highest BCUT2D eigenvalue weighted by Crippen LogP contribution is 2.47. The fraction of sp³-hybridized carbons (Fsp3) is 0. The van der Waals surface area contributed by atoms with Crippen LogP contribution in [0.4, 0.5) is 5.69 Å². The van der Waals surface area contributed by atoms with E-state index in [1.807, 2.05) is 0 Å². The number of hydrogen-bond donors (Lipinski definition) is 5. The molecule has 0 saturated carbocycles. The van der Waals surface area contributed by atoms with Crippen LogP contribution in [0.1, 0.15) is 5.56 Å². The number of rotatable bonds is 2. The number of para-hydroxylation sites is 1.